The van der Waals surface area contributed by atoms with Crippen LogP contribution >= 0.6 is 11.3 Å². The van der Waals surface area contributed by atoms with Gasteiger partial charge in [0.1, 0.15) is 16.4 Å². The molecule has 0 unspecified atom stereocenters. The normalized spacial score (nSPS) is 16.2. The van der Waals surface area contributed by atoms with Crippen molar-refractivity contribution in [2.45, 2.75) is 39.2 Å². The minimum Gasteiger partial charge on any atom is -0.451 e. The maximum atomic E-state index is 13.4. The Hall–Kier alpha value is -3.26. The number of hydrogen-bond acceptors (Lipinski definition) is 7. The molecule has 1 aliphatic heterocycles. The van der Waals surface area contributed by atoms with Crippen LogP contribution < -0.4 is 5.32 Å². The van der Waals surface area contributed by atoms with Crippen LogP contribution in [0.3, 0.4) is 0 Å². The minimum atomic E-state index is -0.0810. The van der Waals surface area contributed by atoms with E-state index < -0.39 is 0 Å². The Morgan fingerprint density at radius 3 is 2.90 bits per heavy atom. The second kappa shape index (κ2) is 8.11. The summed E-state index contributed by atoms with van der Waals surface area (Å²) in [7, 11) is 0. The average Bonchev–Trinajstić information content (AvgIpc) is 3.53. The fraction of sp³-hybridized carbons (Fsp3) is 0.304. The molecule has 31 heavy (non-hydrogen) atoms. The maximum Gasteiger partial charge on any atom is 0.290 e. The van der Waals surface area contributed by atoms with Gasteiger partial charge in [0, 0.05) is 17.5 Å². The van der Waals surface area contributed by atoms with E-state index in [1.54, 1.807) is 0 Å². The van der Waals surface area contributed by atoms with Gasteiger partial charge in [-0.05, 0) is 44.4 Å². The lowest BCUT2D eigenvalue weighted by Crippen LogP contribution is -2.31. The van der Waals surface area contributed by atoms with Gasteiger partial charge in [-0.2, -0.15) is 0 Å². The molecule has 4 aromatic rings. The van der Waals surface area contributed by atoms with Gasteiger partial charge in [-0.15, -0.1) is 10.2 Å². The Balaban J connectivity index is 1.41. The fourth-order valence-corrected chi connectivity index (χ4v) is 4.78. The third kappa shape index (κ3) is 3.67. The van der Waals surface area contributed by atoms with Crippen molar-refractivity contribution in [1.29, 1.82) is 0 Å². The van der Waals surface area contributed by atoms with Crippen LogP contribution in [0.1, 0.15) is 52.6 Å². The smallest absolute Gasteiger partial charge is 0.290 e. The van der Waals surface area contributed by atoms with Crippen molar-refractivity contribution >= 4 is 39.2 Å². The monoisotopic (exact) mass is 433 g/mol. The number of anilines is 2. The topological polar surface area (TPSA) is 84.2 Å². The van der Waals surface area contributed by atoms with Crippen molar-refractivity contribution in [3.63, 3.8) is 0 Å². The standard InChI is InChI=1S/C23H23N5O2S/c1-3-20-26-27-23(31-20)25-19-12-6-9-16(24-19)17-10-7-13-28(17)22(29)21-14(2)15-8-4-5-11-18(15)30-21/h4-6,8-9,11-12,17H,3,7,10,13H2,1-2H3,(H,24,25,27)/t17-/m0/s1. The number of carbonyl (C=O) groups is 1. The SMILES string of the molecule is CCc1nnc(Nc2cccc([C@@H]3CCCN3C(=O)c3oc4ccccc4c3C)n2)s1. The number of nitrogens with zero attached hydrogens (tertiary/aromatic N) is 4. The van der Waals surface area contributed by atoms with E-state index >= 15 is 0 Å². The Kier molecular flexibility index (Phi) is 5.15. The van der Waals surface area contributed by atoms with Crippen LogP contribution in [0, 0.1) is 6.92 Å². The Bertz CT molecular complexity index is 1250. The molecule has 0 saturated carbocycles. The highest BCUT2D eigenvalue weighted by Gasteiger charge is 2.34. The number of furan rings is 1. The van der Waals surface area contributed by atoms with Gasteiger partial charge in [0.2, 0.25) is 5.13 Å². The molecule has 0 radical (unpaired) electrons. The molecule has 0 bridgehead atoms. The zero-order valence-corrected chi connectivity index (χ0v) is 18.3. The lowest BCUT2D eigenvalue weighted by molar-refractivity contribution is 0.0702. The summed E-state index contributed by atoms with van der Waals surface area (Å²) < 4.78 is 5.94. The first-order valence-electron chi connectivity index (χ1n) is 10.5. The van der Waals surface area contributed by atoms with Crippen LogP contribution in [0.4, 0.5) is 10.9 Å². The predicted octanol–water partition coefficient (Wildman–Crippen LogP) is 5.27. The molecule has 7 nitrogen and oxygen atoms in total. The number of aryl methyl sites for hydroxylation is 2. The summed E-state index contributed by atoms with van der Waals surface area (Å²) in [5.41, 5.74) is 2.49. The Morgan fingerprint density at radius 1 is 1.23 bits per heavy atom. The summed E-state index contributed by atoms with van der Waals surface area (Å²) in [5, 5.41) is 14.2. The van der Waals surface area contributed by atoms with Crippen molar-refractivity contribution in [2.75, 3.05) is 11.9 Å². The lowest BCUT2D eigenvalue weighted by Gasteiger charge is -2.24. The summed E-state index contributed by atoms with van der Waals surface area (Å²) in [6.07, 6.45) is 2.67. The molecule has 5 rings (SSSR count). The van der Waals surface area contributed by atoms with Gasteiger partial charge in [-0.1, -0.05) is 42.5 Å². The van der Waals surface area contributed by atoms with E-state index in [9.17, 15) is 4.79 Å². The molecular formula is C23H23N5O2S. The van der Waals surface area contributed by atoms with Gasteiger partial charge in [0.15, 0.2) is 5.76 Å². The molecule has 1 aliphatic rings. The first-order valence-corrected chi connectivity index (χ1v) is 11.3. The zero-order valence-electron chi connectivity index (χ0n) is 17.5. The highest BCUT2D eigenvalue weighted by Crippen LogP contribution is 2.35. The fourth-order valence-electron chi connectivity index (χ4n) is 4.09. The largest absolute Gasteiger partial charge is 0.451 e. The van der Waals surface area contributed by atoms with Gasteiger partial charge in [0.25, 0.3) is 5.91 Å². The summed E-state index contributed by atoms with van der Waals surface area (Å²) in [6.45, 7) is 4.69. The van der Waals surface area contributed by atoms with E-state index in [4.69, 9.17) is 9.40 Å². The molecule has 1 atom stereocenters. The maximum absolute atomic E-state index is 13.4. The number of likely N-dealkylation sites (tertiary alicyclic amines) is 1. The summed E-state index contributed by atoms with van der Waals surface area (Å²) in [5.74, 6) is 1.05. The number of rotatable bonds is 5. The minimum absolute atomic E-state index is 0.0759. The number of fused-ring (bicyclic) bond motifs is 1. The molecule has 1 saturated heterocycles. The Morgan fingerprint density at radius 2 is 2.10 bits per heavy atom. The number of aromatic nitrogens is 3. The van der Waals surface area contributed by atoms with Gasteiger partial charge < -0.3 is 14.6 Å². The molecule has 0 aliphatic carbocycles. The van der Waals surface area contributed by atoms with Crippen LogP contribution in [-0.2, 0) is 6.42 Å². The Labute approximate surface area is 184 Å². The van der Waals surface area contributed by atoms with Crippen LogP contribution in [0.15, 0.2) is 46.9 Å². The number of pyridine rings is 1. The van der Waals surface area contributed by atoms with Crippen LogP contribution in [-0.4, -0.2) is 32.5 Å². The van der Waals surface area contributed by atoms with Gasteiger partial charge in [0.05, 0.1) is 11.7 Å². The number of benzene rings is 1. The van der Waals surface area contributed by atoms with Gasteiger partial charge in [-0.3, -0.25) is 4.79 Å². The molecule has 1 fully saturated rings. The third-order valence-electron chi connectivity index (χ3n) is 5.67. The second-order valence-electron chi connectivity index (χ2n) is 7.64. The molecular weight excluding hydrogens is 410 g/mol. The van der Waals surface area contributed by atoms with E-state index in [1.807, 2.05) is 54.3 Å². The van der Waals surface area contributed by atoms with E-state index in [0.717, 1.165) is 51.6 Å². The quantitative estimate of drug-likeness (QED) is 0.461. The number of amides is 1. The molecule has 1 N–H and O–H groups in total. The average molecular weight is 434 g/mol. The van der Waals surface area contributed by atoms with Gasteiger partial charge >= 0.3 is 0 Å². The van der Waals surface area contributed by atoms with Gasteiger partial charge in [-0.25, -0.2) is 4.98 Å². The van der Waals surface area contributed by atoms with Crippen molar-refractivity contribution in [1.82, 2.24) is 20.1 Å². The van der Waals surface area contributed by atoms with E-state index in [2.05, 4.69) is 22.4 Å². The third-order valence-corrected chi connectivity index (χ3v) is 6.65. The van der Waals surface area contributed by atoms with E-state index in [0.29, 0.717) is 18.1 Å². The summed E-state index contributed by atoms with van der Waals surface area (Å²) in [6, 6.07) is 13.5. The molecule has 0 spiro atoms. The number of carbonyl (C=O) groups excluding carboxylic acids is 1. The highest BCUT2D eigenvalue weighted by atomic mass is 32.1. The lowest BCUT2D eigenvalue weighted by atomic mass is 10.1. The van der Waals surface area contributed by atoms with E-state index in [-0.39, 0.29) is 11.9 Å². The number of nitrogens with one attached hydrogen (secondary N) is 1. The van der Waals surface area contributed by atoms with E-state index in [1.165, 1.54) is 11.3 Å². The van der Waals surface area contributed by atoms with Crippen molar-refractivity contribution in [2.24, 2.45) is 0 Å². The molecule has 4 heterocycles. The van der Waals surface area contributed by atoms with Crippen molar-refractivity contribution < 1.29 is 9.21 Å². The van der Waals surface area contributed by atoms with Crippen LogP contribution in [0.2, 0.25) is 0 Å². The second-order valence-corrected chi connectivity index (χ2v) is 8.70. The van der Waals surface area contributed by atoms with Crippen LogP contribution in [0.5, 0.6) is 0 Å². The zero-order chi connectivity index (χ0) is 21.4. The molecule has 8 heteroatoms. The first-order chi connectivity index (χ1) is 15.1. The van der Waals surface area contributed by atoms with Crippen molar-refractivity contribution in [3.8, 4) is 0 Å². The predicted molar refractivity (Wildman–Crippen MR) is 121 cm³/mol. The number of para-hydroxylation sites is 1. The highest BCUT2D eigenvalue weighted by molar-refractivity contribution is 7.15. The summed E-state index contributed by atoms with van der Waals surface area (Å²) >= 11 is 1.52. The van der Waals surface area contributed by atoms with Crippen LogP contribution in [0.25, 0.3) is 11.0 Å². The molecule has 1 amide bonds. The molecule has 158 valence electrons. The molecule has 3 aromatic heterocycles. The molecule has 1 aromatic carbocycles. The van der Waals surface area contributed by atoms with Crippen molar-refractivity contribution in [3.05, 3.63) is 64.5 Å². The first kappa shape index (κ1) is 19.7. The number of hydrogen-bond donors (Lipinski definition) is 1. The summed E-state index contributed by atoms with van der Waals surface area (Å²) in [4.78, 5) is 20.1.